The minimum Gasteiger partial charge on any atom is -0.519 e. The molecule has 1 rings (SSSR count). The van der Waals surface area contributed by atoms with E-state index in [1.807, 2.05) is 13.8 Å². The van der Waals surface area contributed by atoms with Crippen LogP contribution in [0.2, 0.25) is 0 Å². The molecule has 0 amide bonds. The minimum absolute atomic E-state index is 0. The van der Waals surface area contributed by atoms with Crippen molar-refractivity contribution in [2.24, 2.45) is 5.92 Å². The van der Waals surface area contributed by atoms with E-state index in [9.17, 15) is 19.5 Å². The van der Waals surface area contributed by atoms with E-state index in [4.69, 9.17) is 0 Å². The number of carbonyl (C=O) groups is 3. The lowest BCUT2D eigenvalue weighted by atomic mass is 10.2. The van der Waals surface area contributed by atoms with E-state index in [0.29, 0.717) is 19.1 Å². The predicted molar refractivity (Wildman–Crippen MR) is 97.8 cm³/mol. The van der Waals surface area contributed by atoms with Crippen LogP contribution in [0.4, 0.5) is 14.4 Å². The normalized spacial score (nSPS) is 13.2. The Kier molecular flexibility index (Phi) is 28.0. The second kappa shape index (κ2) is 20.8. The molecule has 0 bridgehead atoms. The molecule has 1 aliphatic rings. The van der Waals surface area contributed by atoms with Crippen molar-refractivity contribution in [3.05, 3.63) is 12.3 Å². The summed E-state index contributed by atoms with van der Waals surface area (Å²) < 4.78 is 21.6. The average molecular weight is 371 g/mol. The van der Waals surface area contributed by atoms with E-state index < -0.39 is 18.5 Å². The van der Waals surface area contributed by atoms with Crippen molar-refractivity contribution < 1.29 is 43.2 Å². The highest BCUT2D eigenvalue weighted by molar-refractivity contribution is 5.76. The van der Waals surface area contributed by atoms with Crippen LogP contribution in [0.3, 0.4) is 0 Å². The van der Waals surface area contributed by atoms with Gasteiger partial charge < -0.3 is 33.6 Å². The van der Waals surface area contributed by atoms with E-state index in [-0.39, 0.29) is 37.1 Å². The van der Waals surface area contributed by atoms with Gasteiger partial charge in [-0.05, 0) is 19.8 Å². The number of rotatable bonds is 3. The quantitative estimate of drug-likeness (QED) is 0.290. The van der Waals surface area contributed by atoms with Crippen molar-refractivity contribution in [3.8, 4) is 0 Å². The van der Waals surface area contributed by atoms with Crippen LogP contribution in [0.5, 0.6) is 0 Å². The first kappa shape index (κ1) is 35.0. The summed E-state index contributed by atoms with van der Waals surface area (Å²) >= 11 is 0. The molecule has 146 valence electrons. The van der Waals surface area contributed by atoms with Gasteiger partial charge in [-0.3, -0.25) is 0 Å². The lowest BCUT2D eigenvalue weighted by Gasteiger charge is -2.03. The van der Waals surface area contributed by atoms with Gasteiger partial charge in [-0.25, -0.2) is 9.59 Å². The molecule has 0 aromatic rings. The van der Waals surface area contributed by atoms with E-state index >= 15 is 0 Å². The number of allylic oxidation sites excluding steroid dienone is 1. The maximum absolute atomic E-state index is 10.3. The van der Waals surface area contributed by atoms with Crippen molar-refractivity contribution in [2.75, 3.05) is 20.3 Å². The zero-order chi connectivity index (χ0) is 18.4. The van der Waals surface area contributed by atoms with Crippen molar-refractivity contribution in [1.82, 2.24) is 0 Å². The van der Waals surface area contributed by atoms with Gasteiger partial charge in [0.1, 0.15) is 12.7 Å². The molecular formula is C14H26B3O9-. The summed E-state index contributed by atoms with van der Waals surface area (Å²) in [4.78, 5) is 29.7. The highest BCUT2D eigenvalue weighted by Crippen LogP contribution is 2.02. The van der Waals surface area contributed by atoms with Crippen LogP contribution in [0, 0.1) is 5.92 Å². The number of ether oxygens (including phenoxy) is 5. The van der Waals surface area contributed by atoms with Gasteiger partial charge in [0.2, 0.25) is 0 Å². The van der Waals surface area contributed by atoms with Crippen LogP contribution in [0.1, 0.15) is 27.7 Å². The first-order chi connectivity index (χ1) is 10.6. The van der Waals surface area contributed by atoms with Crippen molar-refractivity contribution in [3.63, 3.8) is 0 Å². The molecule has 0 aromatic carbocycles. The van der Waals surface area contributed by atoms with Gasteiger partial charge in [-0.15, -0.1) is 0 Å². The predicted octanol–water partition coefficient (Wildman–Crippen LogP) is -0.0985. The summed E-state index contributed by atoms with van der Waals surface area (Å²) in [7, 11) is 1.29. The summed E-state index contributed by atoms with van der Waals surface area (Å²) in [6.07, 6.45) is -2.77. The zero-order valence-corrected chi connectivity index (χ0v) is 16.1. The summed E-state index contributed by atoms with van der Waals surface area (Å²) in [5.74, 6) is 0.490. The highest BCUT2D eigenvalue weighted by atomic mass is 16.8. The van der Waals surface area contributed by atoms with Crippen molar-refractivity contribution in [2.45, 2.75) is 33.8 Å². The van der Waals surface area contributed by atoms with Crippen LogP contribution in [-0.2, 0) is 23.7 Å². The molecule has 1 aliphatic heterocycles. The Morgan fingerprint density at radius 2 is 1.81 bits per heavy atom. The Bertz CT molecular complexity index is 391. The van der Waals surface area contributed by atoms with Gasteiger partial charge in [-0.2, -0.15) is 0 Å². The zero-order valence-electron chi connectivity index (χ0n) is 16.1. The third-order valence-electron chi connectivity index (χ3n) is 1.69. The first-order valence-electron chi connectivity index (χ1n) is 6.66. The third kappa shape index (κ3) is 29.7. The molecule has 26 heavy (non-hydrogen) atoms. The van der Waals surface area contributed by atoms with Crippen LogP contribution < -0.4 is 5.11 Å². The lowest BCUT2D eigenvalue weighted by molar-refractivity contribution is -0.277. The first-order valence-corrected chi connectivity index (χ1v) is 6.66. The average Bonchev–Trinajstić information content (AvgIpc) is 2.79. The van der Waals surface area contributed by atoms with Gasteiger partial charge in [0.05, 0.1) is 13.7 Å². The Labute approximate surface area is 160 Å². The molecule has 12 heteroatoms. The smallest absolute Gasteiger partial charge is 0.508 e. The van der Waals surface area contributed by atoms with Gasteiger partial charge in [0.25, 0.3) is 6.16 Å². The topological polar surface area (TPSA) is 120 Å². The number of hydrogen-bond donors (Lipinski definition) is 0. The Hall–Kier alpha value is -2.26. The summed E-state index contributed by atoms with van der Waals surface area (Å²) in [5.41, 5.74) is 0. The molecule has 0 aliphatic carbocycles. The fraction of sp³-hybridized carbons (Fsp3) is 0.643. The fourth-order valence-electron chi connectivity index (χ4n) is 0.854. The maximum atomic E-state index is 10.3. The Balaban J connectivity index is -0.0000000808. The number of carboxylic acid groups (broad SMARTS) is 1. The number of carbonyl (C=O) groups excluding carboxylic acids is 3. The van der Waals surface area contributed by atoms with Gasteiger partial charge in [-0.1, -0.05) is 20.4 Å². The largest absolute Gasteiger partial charge is 0.519 e. The molecule has 0 N–H and O–H groups in total. The number of hydrogen-bond acceptors (Lipinski definition) is 9. The number of cyclic esters (lactones) is 2. The van der Waals surface area contributed by atoms with Gasteiger partial charge >= 0.3 is 12.3 Å². The molecule has 1 heterocycles. The molecule has 1 atom stereocenters. The van der Waals surface area contributed by atoms with Crippen molar-refractivity contribution in [1.29, 1.82) is 0 Å². The second-order valence-electron chi connectivity index (χ2n) is 4.70. The monoisotopic (exact) mass is 371 g/mol. The summed E-state index contributed by atoms with van der Waals surface area (Å²) in [5, 5.41) is 9.42. The highest BCUT2D eigenvalue weighted by Gasteiger charge is 2.19. The maximum Gasteiger partial charge on any atom is 0.508 e. The molecule has 0 saturated carbocycles. The fourth-order valence-corrected chi connectivity index (χ4v) is 0.854. The molecule has 1 unspecified atom stereocenters. The van der Waals surface area contributed by atoms with Crippen molar-refractivity contribution >= 4 is 43.7 Å². The van der Waals surface area contributed by atoms with Gasteiger partial charge in [0, 0.05) is 31.0 Å². The Morgan fingerprint density at radius 1 is 1.31 bits per heavy atom. The standard InChI is InChI=1S/C6H12O3.2C4H6O3.3BH/c1-5(2)4-9-6(7)8-3;1-3-2-6-4(5)7-3;1-3(2)7-4(5)6;;;/h5H,4H2,1-3H3;3H,2H2,1H3;1H2,2H3,(H,5,6);3*1H/p-1. The third-order valence-corrected chi connectivity index (χ3v) is 1.69. The Morgan fingerprint density at radius 3 is 1.96 bits per heavy atom. The van der Waals surface area contributed by atoms with Crippen LogP contribution in [0.15, 0.2) is 12.3 Å². The van der Waals surface area contributed by atoms with E-state index in [1.54, 1.807) is 6.92 Å². The van der Waals surface area contributed by atoms with E-state index in [2.05, 4.69) is 30.3 Å². The molecule has 6 radical (unpaired) electrons. The molecule has 0 spiro atoms. The van der Waals surface area contributed by atoms with Gasteiger partial charge in [0.15, 0.2) is 0 Å². The molecule has 1 saturated heterocycles. The summed E-state index contributed by atoms with van der Waals surface area (Å²) in [6, 6.07) is 0. The van der Waals surface area contributed by atoms with E-state index in [1.165, 1.54) is 14.0 Å². The molecular weight excluding hydrogens is 345 g/mol. The minimum atomic E-state index is -1.56. The molecule has 1 fully saturated rings. The summed E-state index contributed by atoms with van der Waals surface area (Å²) in [6.45, 7) is 11.1. The van der Waals surface area contributed by atoms with Crippen LogP contribution in [0.25, 0.3) is 0 Å². The molecule has 0 aromatic heterocycles. The van der Waals surface area contributed by atoms with Crippen LogP contribution >= 0.6 is 0 Å². The lowest BCUT2D eigenvalue weighted by Crippen LogP contribution is -2.22. The van der Waals surface area contributed by atoms with Crippen LogP contribution in [-0.4, -0.2) is 70.1 Å². The number of methoxy groups -OCH3 is 1. The molecule has 9 nitrogen and oxygen atoms in total. The second-order valence-corrected chi connectivity index (χ2v) is 4.70. The van der Waals surface area contributed by atoms with E-state index in [0.717, 1.165) is 0 Å². The SMILES string of the molecule is C=C(C)OC(=O)[O-].CC1COC(=O)O1.COC(=O)OCC(C)C.[BH].[BH].[BH].